The predicted molar refractivity (Wildman–Crippen MR) is 105 cm³/mol. The summed E-state index contributed by atoms with van der Waals surface area (Å²) in [4.78, 5) is 2.42. The summed E-state index contributed by atoms with van der Waals surface area (Å²) in [5.41, 5.74) is 2.06. The van der Waals surface area contributed by atoms with Crippen LogP contribution in [0.25, 0.3) is 5.69 Å². The molecule has 1 aromatic heterocycles. The van der Waals surface area contributed by atoms with Crippen LogP contribution >= 0.6 is 0 Å². The molecule has 1 aliphatic heterocycles. The Balaban J connectivity index is 1.28. The van der Waals surface area contributed by atoms with Gasteiger partial charge in [-0.2, -0.15) is 4.68 Å². The molecule has 0 saturated carbocycles. The zero-order valence-electron chi connectivity index (χ0n) is 15.7. The van der Waals surface area contributed by atoms with Crippen LogP contribution in [0.15, 0.2) is 54.6 Å². The van der Waals surface area contributed by atoms with Gasteiger partial charge in [-0.25, -0.2) is 0 Å². The second-order valence-corrected chi connectivity index (χ2v) is 6.59. The number of para-hydroxylation sites is 1. The molecule has 0 amide bonds. The first-order valence-corrected chi connectivity index (χ1v) is 9.50. The fourth-order valence-corrected chi connectivity index (χ4v) is 3.05. The zero-order valence-corrected chi connectivity index (χ0v) is 15.7. The molecule has 3 aromatic rings. The van der Waals surface area contributed by atoms with E-state index in [1.165, 1.54) is 5.56 Å². The number of benzene rings is 2. The van der Waals surface area contributed by atoms with Crippen LogP contribution in [0.3, 0.4) is 0 Å². The molecule has 0 atom stereocenters. The summed E-state index contributed by atoms with van der Waals surface area (Å²) in [5, 5.41) is 15.2. The topological polar surface area (TPSA) is 77.3 Å². The van der Waals surface area contributed by atoms with Crippen molar-refractivity contribution in [2.45, 2.75) is 6.54 Å². The van der Waals surface area contributed by atoms with Crippen LogP contribution in [0.1, 0.15) is 5.56 Å². The standard InChI is InChI=1S/C20H24N6O2/c1-2-4-18(5-3-1)26-20(22-23-24-26)28-19-8-6-17(7-9-19)16-21-10-11-25-12-14-27-15-13-25/h1-9,21H,10-16H2. The minimum atomic E-state index is 0.336. The van der Waals surface area contributed by atoms with E-state index in [0.717, 1.165) is 51.6 Å². The zero-order chi connectivity index (χ0) is 19.0. The number of hydrogen-bond donors (Lipinski definition) is 1. The summed E-state index contributed by atoms with van der Waals surface area (Å²) >= 11 is 0. The van der Waals surface area contributed by atoms with Crippen molar-refractivity contribution in [3.63, 3.8) is 0 Å². The average molecular weight is 380 g/mol. The maximum Gasteiger partial charge on any atom is 0.345 e. The Bertz CT molecular complexity index is 847. The smallest absolute Gasteiger partial charge is 0.345 e. The summed E-state index contributed by atoms with van der Waals surface area (Å²) in [6, 6.07) is 18.0. The normalized spacial score (nSPS) is 14.9. The highest BCUT2D eigenvalue weighted by molar-refractivity contribution is 5.34. The Kier molecular flexibility index (Phi) is 6.23. The van der Waals surface area contributed by atoms with Crippen molar-refractivity contribution in [1.29, 1.82) is 0 Å². The number of nitrogens with zero attached hydrogens (tertiary/aromatic N) is 5. The second kappa shape index (κ2) is 9.41. The summed E-state index contributed by atoms with van der Waals surface area (Å²) < 4.78 is 12.8. The molecule has 4 rings (SSSR count). The van der Waals surface area contributed by atoms with Gasteiger partial charge in [-0.15, -0.1) is 0 Å². The van der Waals surface area contributed by atoms with Gasteiger partial charge in [-0.3, -0.25) is 4.90 Å². The van der Waals surface area contributed by atoms with Gasteiger partial charge in [-0.05, 0) is 40.3 Å². The SMILES string of the molecule is c1ccc(-n2nnnc2Oc2ccc(CNCCN3CCOCC3)cc2)cc1. The lowest BCUT2D eigenvalue weighted by Crippen LogP contribution is -2.40. The summed E-state index contributed by atoms with van der Waals surface area (Å²) in [5.74, 6) is 0.698. The highest BCUT2D eigenvalue weighted by atomic mass is 16.5. The fourth-order valence-electron chi connectivity index (χ4n) is 3.05. The van der Waals surface area contributed by atoms with E-state index in [9.17, 15) is 0 Å². The van der Waals surface area contributed by atoms with Crippen LogP contribution < -0.4 is 10.1 Å². The molecular formula is C20H24N6O2. The summed E-state index contributed by atoms with van der Waals surface area (Å²) in [6.07, 6.45) is 0. The van der Waals surface area contributed by atoms with Crippen LogP contribution in [0.5, 0.6) is 11.8 Å². The van der Waals surface area contributed by atoms with E-state index in [-0.39, 0.29) is 0 Å². The summed E-state index contributed by atoms with van der Waals surface area (Å²) in [7, 11) is 0. The molecule has 8 nitrogen and oxygen atoms in total. The molecule has 28 heavy (non-hydrogen) atoms. The van der Waals surface area contributed by atoms with Crippen LogP contribution in [0, 0.1) is 0 Å². The van der Waals surface area contributed by atoms with E-state index in [1.807, 2.05) is 54.6 Å². The van der Waals surface area contributed by atoms with Crippen molar-refractivity contribution in [2.75, 3.05) is 39.4 Å². The molecule has 0 unspecified atom stereocenters. The van der Waals surface area contributed by atoms with Crippen molar-refractivity contribution < 1.29 is 9.47 Å². The summed E-state index contributed by atoms with van der Waals surface area (Å²) in [6.45, 7) is 6.57. The number of hydrogen-bond acceptors (Lipinski definition) is 7. The fraction of sp³-hybridized carbons (Fsp3) is 0.350. The van der Waals surface area contributed by atoms with Crippen LogP contribution in [-0.2, 0) is 11.3 Å². The Morgan fingerprint density at radius 2 is 1.79 bits per heavy atom. The number of aromatic nitrogens is 4. The maximum absolute atomic E-state index is 5.85. The van der Waals surface area contributed by atoms with Gasteiger partial charge < -0.3 is 14.8 Å². The first-order chi connectivity index (χ1) is 13.9. The number of rotatable bonds is 8. The van der Waals surface area contributed by atoms with Gasteiger partial charge >= 0.3 is 6.01 Å². The van der Waals surface area contributed by atoms with Gasteiger partial charge in [0.25, 0.3) is 0 Å². The van der Waals surface area contributed by atoms with E-state index < -0.39 is 0 Å². The minimum absolute atomic E-state index is 0.336. The molecule has 1 saturated heterocycles. The largest absolute Gasteiger partial charge is 0.423 e. The molecule has 1 N–H and O–H groups in total. The number of ether oxygens (including phenoxy) is 2. The highest BCUT2D eigenvalue weighted by Crippen LogP contribution is 2.21. The molecule has 146 valence electrons. The molecular weight excluding hydrogens is 356 g/mol. The molecule has 2 aromatic carbocycles. The predicted octanol–water partition coefficient (Wildman–Crippen LogP) is 1.88. The first-order valence-electron chi connectivity index (χ1n) is 9.50. The van der Waals surface area contributed by atoms with Crippen molar-refractivity contribution >= 4 is 0 Å². The van der Waals surface area contributed by atoms with E-state index >= 15 is 0 Å². The van der Waals surface area contributed by atoms with Crippen molar-refractivity contribution in [2.24, 2.45) is 0 Å². The van der Waals surface area contributed by atoms with Gasteiger partial charge in [-0.1, -0.05) is 35.4 Å². The second-order valence-electron chi connectivity index (χ2n) is 6.59. The van der Waals surface area contributed by atoms with Crippen LogP contribution in [0.4, 0.5) is 0 Å². The Hall–Kier alpha value is -2.81. The molecule has 0 aliphatic carbocycles. The van der Waals surface area contributed by atoms with Gasteiger partial charge in [0.05, 0.1) is 18.9 Å². The quantitative estimate of drug-likeness (QED) is 0.598. The maximum atomic E-state index is 5.85. The Morgan fingerprint density at radius 1 is 1.00 bits per heavy atom. The third kappa shape index (κ3) is 4.92. The Morgan fingerprint density at radius 3 is 2.57 bits per heavy atom. The van der Waals surface area contributed by atoms with E-state index in [4.69, 9.17) is 9.47 Å². The number of nitrogens with one attached hydrogen (secondary N) is 1. The monoisotopic (exact) mass is 380 g/mol. The van der Waals surface area contributed by atoms with Crippen molar-refractivity contribution in [1.82, 2.24) is 30.4 Å². The first kappa shape index (κ1) is 18.5. The van der Waals surface area contributed by atoms with Gasteiger partial charge in [0, 0.05) is 32.7 Å². The molecule has 0 radical (unpaired) electrons. The van der Waals surface area contributed by atoms with Crippen molar-refractivity contribution in [3.8, 4) is 17.4 Å². The third-order valence-electron chi connectivity index (χ3n) is 4.61. The number of tetrazole rings is 1. The van der Waals surface area contributed by atoms with Gasteiger partial charge in [0.15, 0.2) is 0 Å². The van der Waals surface area contributed by atoms with Crippen LogP contribution in [0.2, 0.25) is 0 Å². The van der Waals surface area contributed by atoms with Crippen LogP contribution in [-0.4, -0.2) is 64.5 Å². The molecule has 8 heteroatoms. The van der Waals surface area contributed by atoms with E-state index in [2.05, 4.69) is 25.7 Å². The molecule has 0 bridgehead atoms. The molecule has 1 aliphatic rings. The highest BCUT2D eigenvalue weighted by Gasteiger charge is 2.11. The van der Waals surface area contributed by atoms with E-state index in [1.54, 1.807) is 4.68 Å². The molecule has 2 heterocycles. The number of morpholine rings is 1. The molecule has 0 spiro atoms. The lowest BCUT2D eigenvalue weighted by molar-refractivity contribution is 0.0384. The van der Waals surface area contributed by atoms with Gasteiger partial charge in [0.2, 0.25) is 0 Å². The Labute approximate surface area is 164 Å². The molecule has 1 fully saturated rings. The average Bonchev–Trinajstić information content (AvgIpc) is 3.22. The van der Waals surface area contributed by atoms with Gasteiger partial charge in [0.1, 0.15) is 5.75 Å². The minimum Gasteiger partial charge on any atom is -0.423 e. The lowest BCUT2D eigenvalue weighted by atomic mass is 10.2. The lowest BCUT2D eigenvalue weighted by Gasteiger charge is -2.26. The van der Waals surface area contributed by atoms with Crippen molar-refractivity contribution in [3.05, 3.63) is 60.2 Å². The van der Waals surface area contributed by atoms with E-state index in [0.29, 0.717) is 11.8 Å². The third-order valence-corrected chi connectivity index (χ3v) is 4.61.